The number of carbonyl (C=O) groups excluding carboxylic acids is 1. The topological polar surface area (TPSA) is 66.9 Å². The lowest BCUT2D eigenvalue weighted by Crippen LogP contribution is -2.16. The number of rotatable bonds is 4. The molecule has 0 radical (unpaired) electrons. The molecule has 2 N–H and O–H groups in total. The fraction of sp³-hybridized carbons (Fsp3) is 0. The standard InChI is InChI=1S/C17H9F5N4O/c18-8-1-4-12(11(20)7-8)23-13-5-6-14(26-25-13)24-17(27)9-2-3-10(19)16(22)15(9)21/h1-7H,(H,23,25)(H,24,26,27). The zero-order chi connectivity index (χ0) is 19.6. The number of hydrogen-bond donors (Lipinski definition) is 2. The lowest BCUT2D eigenvalue weighted by atomic mass is 10.2. The van der Waals surface area contributed by atoms with Crippen LogP contribution in [-0.4, -0.2) is 16.1 Å². The van der Waals surface area contributed by atoms with Gasteiger partial charge in [0.05, 0.1) is 11.3 Å². The van der Waals surface area contributed by atoms with Gasteiger partial charge in [0, 0.05) is 6.07 Å². The van der Waals surface area contributed by atoms with E-state index >= 15 is 0 Å². The molecule has 0 bridgehead atoms. The van der Waals surface area contributed by atoms with Crippen LogP contribution in [0.3, 0.4) is 0 Å². The molecule has 0 spiro atoms. The highest BCUT2D eigenvalue weighted by Gasteiger charge is 2.19. The summed E-state index contributed by atoms with van der Waals surface area (Å²) >= 11 is 0. The minimum atomic E-state index is -1.77. The molecule has 0 unspecified atom stereocenters. The quantitative estimate of drug-likeness (QED) is 0.527. The molecule has 0 aliphatic carbocycles. The maximum atomic E-state index is 13.6. The first-order chi connectivity index (χ1) is 12.8. The summed E-state index contributed by atoms with van der Waals surface area (Å²) in [6, 6.07) is 6.85. The predicted molar refractivity (Wildman–Crippen MR) is 85.9 cm³/mol. The van der Waals surface area contributed by atoms with E-state index in [1.54, 1.807) is 0 Å². The van der Waals surface area contributed by atoms with Crippen molar-refractivity contribution in [2.75, 3.05) is 10.6 Å². The second kappa shape index (κ2) is 7.36. The zero-order valence-electron chi connectivity index (χ0n) is 13.2. The van der Waals surface area contributed by atoms with Crippen molar-refractivity contribution in [3.63, 3.8) is 0 Å². The Morgan fingerprint density at radius 3 is 2.15 bits per heavy atom. The van der Waals surface area contributed by atoms with Gasteiger partial charge in [0.1, 0.15) is 11.6 Å². The molecule has 0 fully saturated rings. The van der Waals surface area contributed by atoms with Crippen molar-refractivity contribution >= 4 is 23.2 Å². The Balaban J connectivity index is 1.72. The second-order valence-corrected chi connectivity index (χ2v) is 5.23. The van der Waals surface area contributed by atoms with Gasteiger partial charge >= 0.3 is 0 Å². The highest BCUT2D eigenvalue weighted by Crippen LogP contribution is 2.20. The summed E-state index contributed by atoms with van der Waals surface area (Å²) in [6.07, 6.45) is 0. The van der Waals surface area contributed by atoms with Gasteiger partial charge in [-0.15, -0.1) is 10.2 Å². The van der Waals surface area contributed by atoms with Crippen LogP contribution in [0.4, 0.5) is 39.3 Å². The van der Waals surface area contributed by atoms with E-state index in [2.05, 4.69) is 20.8 Å². The fourth-order valence-electron chi connectivity index (χ4n) is 2.08. The Labute approximate surface area is 148 Å². The number of hydrogen-bond acceptors (Lipinski definition) is 4. The van der Waals surface area contributed by atoms with Crippen LogP contribution >= 0.6 is 0 Å². The summed E-state index contributed by atoms with van der Waals surface area (Å²) in [5.41, 5.74) is -0.766. The van der Waals surface area contributed by atoms with Crippen molar-refractivity contribution in [3.05, 3.63) is 77.1 Å². The third kappa shape index (κ3) is 4.00. The van der Waals surface area contributed by atoms with Gasteiger partial charge in [-0.25, -0.2) is 22.0 Å². The van der Waals surface area contributed by atoms with Gasteiger partial charge in [-0.2, -0.15) is 0 Å². The van der Waals surface area contributed by atoms with Crippen molar-refractivity contribution in [3.8, 4) is 0 Å². The average molecular weight is 380 g/mol. The number of nitrogens with zero attached hydrogens (tertiary/aromatic N) is 2. The van der Waals surface area contributed by atoms with E-state index in [0.29, 0.717) is 12.1 Å². The molecule has 0 saturated heterocycles. The summed E-state index contributed by atoms with van der Waals surface area (Å²) in [7, 11) is 0. The molecule has 1 aromatic heterocycles. The van der Waals surface area contributed by atoms with E-state index in [9.17, 15) is 26.7 Å². The number of nitrogens with one attached hydrogen (secondary N) is 2. The van der Waals surface area contributed by atoms with E-state index in [1.807, 2.05) is 0 Å². The van der Waals surface area contributed by atoms with Crippen molar-refractivity contribution in [2.45, 2.75) is 0 Å². The van der Waals surface area contributed by atoms with Crippen LogP contribution in [0, 0.1) is 29.1 Å². The number of anilines is 3. The van der Waals surface area contributed by atoms with Gasteiger partial charge < -0.3 is 10.6 Å². The summed E-state index contributed by atoms with van der Waals surface area (Å²) in [4.78, 5) is 11.9. The molecular weight excluding hydrogens is 371 g/mol. The van der Waals surface area contributed by atoms with E-state index < -0.39 is 40.6 Å². The molecule has 138 valence electrons. The Hall–Kier alpha value is -3.56. The van der Waals surface area contributed by atoms with Crippen LogP contribution in [0.5, 0.6) is 0 Å². The molecule has 1 heterocycles. The van der Waals surface area contributed by atoms with Crippen molar-refractivity contribution < 1.29 is 26.7 Å². The third-order valence-electron chi connectivity index (χ3n) is 3.38. The van der Waals surface area contributed by atoms with Gasteiger partial charge in [-0.1, -0.05) is 0 Å². The SMILES string of the molecule is O=C(Nc1ccc(Nc2ccc(F)cc2F)nn1)c1ccc(F)c(F)c1F. The van der Waals surface area contributed by atoms with Gasteiger partial charge in [0.2, 0.25) is 0 Å². The third-order valence-corrected chi connectivity index (χ3v) is 3.38. The fourth-order valence-corrected chi connectivity index (χ4v) is 2.08. The van der Waals surface area contributed by atoms with Crippen LogP contribution in [0.15, 0.2) is 42.5 Å². The first-order valence-electron chi connectivity index (χ1n) is 7.36. The van der Waals surface area contributed by atoms with Crippen LogP contribution in [0.25, 0.3) is 0 Å². The minimum Gasteiger partial charge on any atom is -0.336 e. The lowest BCUT2D eigenvalue weighted by Gasteiger charge is -2.08. The minimum absolute atomic E-state index is 0.0497. The van der Waals surface area contributed by atoms with Crippen LogP contribution < -0.4 is 10.6 Å². The number of benzene rings is 2. The van der Waals surface area contributed by atoms with Crippen LogP contribution in [0.2, 0.25) is 0 Å². The molecule has 0 atom stereocenters. The molecule has 10 heteroatoms. The smallest absolute Gasteiger partial charge is 0.259 e. The largest absolute Gasteiger partial charge is 0.336 e. The first kappa shape index (κ1) is 18.2. The van der Waals surface area contributed by atoms with E-state index in [-0.39, 0.29) is 17.3 Å². The number of halogens is 5. The average Bonchev–Trinajstić information content (AvgIpc) is 2.63. The summed E-state index contributed by atoms with van der Waals surface area (Å²) < 4.78 is 66.1. The molecule has 27 heavy (non-hydrogen) atoms. The van der Waals surface area contributed by atoms with E-state index in [0.717, 1.165) is 18.2 Å². The highest BCUT2D eigenvalue weighted by atomic mass is 19.2. The Morgan fingerprint density at radius 2 is 1.48 bits per heavy atom. The molecule has 3 aromatic rings. The first-order valence-corrected chi connectivity index (χ1v) is 7.36. The molecule has 0 aliphatic rings. The number of amides is 1. The molecule has 5 nitrogen and oxygen atoms in total. The summed E-state index contributed by atoms with van der Waals surface area (Å²) in [5, 5.41) is 12.0. The summed E-state index contributed by atoms with van der Waals surface area (Å²) in [5.74, 6) is -7.51. The maximum Gasteiger partial charge on any atom is 0.259 e. The number of aromatic nitrogens is 2. The van der Waals surface area contributed by atoms with Gasteiger partial charge in [-0.3, -0.25) is 4.79 Å². The Bertz CT molecular complexity index is 1010. The zero-order valence-corrected chi connectivity index (χ0v) is 13.2. The normalized spacial score (nSPS) is 10.6. The molecule has 1 amide bonds. The highest BCUT2D eigenvalue weighted by molar-refractivity contribution is 6.03. The lowest BCUT2D eigenvalue weighted by molar-refractivity contribution is 0.102. The van der Waals surface area contributed by atoms with Gasteiger partial charge in [0.25, 0.3) is 5.91 Å². The Morgan fingerprint density at radius 1 is 0.778 bits per heavy atom. The van der Waals surface area contributed by atoms with E-state index in [4.69, 9.17) is 0 Å². The second-order valence-electron chi connectivity index (χ2n) is 5.23. The van der Waals surface area contributed by atoms with Crippen molar-refractivity contribution in [1.29, 1.82) is 0 Å². The predicted octanol–water partition coefficient (Wildman–Crippen LogP) is 4.17. The van der Waals surface area contributed by atoms with Crippen LogP contribution in [-0.2, 0) is 0 Å². The van der Waals surface area contributed by atoms with Gasteiger partial charge in [-0.05, 0) is 36.4 Å². The van der Waals surface area contributed by atoms with Crippen LogP contribution in [0.1, 0.15) is 10.4 Å². The number of carbonyl (C=O) groups is 1. The van der Waals surface area contributed by atoms with Crippen molar-refractivity contribution in [1.82, 2.24) is 10.2 Å². The molecule has 3 rings (SSSR count). The molecular formula is C17H9F5N4O. The molecule has 2 aromatic carbocycles. The Kier molecular flexibility index (Phi) is 4.97. The molecule has 0 aliphatic heterocycles. The van der Waals surface area contributed by atoms with Gasteiger partial charge in [0.15, 0.2) is 29.1 Å². The molecule has 0 saturated carbocycles. The maximum absolute atomic E-state index is 13.6. The monoisotopic (exact) mass is 380 g/mol. The summed E-state index contributed by atoms with van der Waals surface area (Å²) in [6.45, 7) is 0. The van der Waals surface area contributed by atoms with Crippen molar-refractivity contribution in [2.24, 2.45) is 0 Å². The van der Waals surface area contributed by atoms with E-state index in [1.165, 1.54) is 12.1 Å².